The van der Waals surface area contributed by atoms with E-state index in [1.165, 1.54) is 14.1 Å². The summed E-state index contributed by atoms with van der Waals surface area (Å²) < 4.78 is -1.75. The molecule has 1 fully saturated rings. The molecule has 1 aliphatic rings. The first-order chi connectivity index (χ1) is 6.25. The molecule has 4 amide bonds. The average molecular weight is 261 g/mol. The molecule has 8 heteroatoms. The van der Waals surface area contributed by atoms with E-state index in [1.54, 1.807) is 0 Å². The highest BCUT2D eigenvalue weighted by Crippen LogP contribution is 2.33. The summed E-state index contributed by atoms with van der Waals surface area (Å²) in [5.74, 6) is 0. The maximum atomic E-state index is 11.4. The van der Waals surface area contributed by atoms with Crippen LogP contribution in [0.1, 0.15) is 0 Å². The highest BCUT2D eigenvalue weighted by Gasteiger charge is 2.44. The van der Waals surface area contributed by atoms with Crippen LogP contribution in [0.15, 0.2) is 0 Å². The zero-order chi connectivity index (χ0) is 11.1. The molecule has 0 aromatic heterocycles. The van der Waals surface area contributed by atoms with Crippen LogP contribution in [0.5, 0.6) is 0 Å². The minimum absolute atomic E-state index is 0.523. The summed E-state index contributed by atoms with van der Waals surface area (Å²) >= 11 is 16.8. The van der Waals surface area contributed by atoms with E-state index in [9.17, 15) is 9.59 Å². The molecule has 14 heavy (non-hydrogen) atoms. The molecular weight excluding hydrogens is 252 g/mol. The molecular formula is C6H8Cl3N3O2. The van der Waals surface area contributed by atoms with Gasteiger partial charge in [-0.15, -0.1) is 0 Å². The van der Waals surface area contributed by atoms with Gasteiger partial charge in [-0.3, -0.25) is 0 Å². The number of nitrogens with one attached hydrogen (secondary N) is 1. The minimum Gasteiger partial charge on any atom is -0.313 e. The Labute approximate surface area is 95.9 Å². The van der Waals surface area contributed by atoms with Crippen LogP contribution in [0.2, 0.25) is 0 Å². The first-order valence-electron chi connectivity index (χ1n) is 3.63. The lowest BCUT2D eigenvalue weighted by atomic mass is 10.4. The van der Waals surface area contributed by atoms with E-state index in [1.807, 2.05) is 0 Å². The van der Waals surface area contributed by atoms with Crippen molar-refractivity contribution in [2.45, 2.75) is 9.96 Å². The zero-order valence-electron chi connectivity index (χ0n) is 7.42. The summed E-state index contributed by atoms with van der Waals surface area (Å²) in [7, 11) is 2.77. The lowest BCUT2D eigenvalue weighted by Crippen LogP contribution is -2.66. The summed E-state index contributed by atoms with van der Waals surface area (Å²) in [6.07, 6.45) is -0.955. The zero-order valence-corrected chi connectivity index (χ0v) is 9.69. The Hall–Kier alpha value is -0.390. The van der Waals surface area contributed by atoms with Gasteiger partial charge in [-0.05, 0) is 0 Å². The molecule has 0 aromatic rings. The fraction of sp³-hybridized carbons (Fsp3) is 0.667. The number of imide groups is 1. The van der Waals surface area contributed by atoms with Crippen molar-refractivity contribution in [1.82, 2.24) is 15.1 Å². The van der Waals surface area contributed by atoms with Crippen LogP contribution in [0, 0.1) is 0 Å². The van der Waals surface area contributed by atoms with Gasteiger partial charge in [-0.25, -0.2) is 14.5 Å². The van der Waals surface area contributed by atoms with Crippen LogP contribution in [-0.4, -0.2) is 45.9 Å². The number of carbonyl (C=O) groups excluding carboxylic acids is 2. The topological polar surface area (TPSA) is 52.7 Å². The van der Waals surface area contributed by atoms with Crippen molar-refractivity contribution in [2.75, 3.05) is 14.1 Å². The van der Waals surface area contributed by atoms with Crippen LogP contribution in [0.4, 0.5) is 9.59 Å². The van der Waals surface area contributed by atoms with Gasteiger partial charge in [0.25, 0.3) is 0 Å². The largest absolute Gasteiger partial charge is 0.329 e. The smallest absolute Gasteiger partial charge is 0.313 e. The molecule has 0 aromatic carbocycles. The Morgan fingerprint density at radius 1 is 1.29 bits per heavy atom. The molecule has 5 nitrogen and oxygen atoms in total. The van der Waals surface area contributed by atoms with Crippen LogP contribution >= 0.6 is 34.8 Å². The summed E-state index contributed by atoms with van der Waals surface area (Å²) in [5, 5.41) is 2.38. The normalized spacial score (nSPS) is 23.9. The lowest BCUT2D eigenvalue weighted by Gasteiger charge is -2.40. The van der Waals surface area contributed by atoms with Crippen molar-refractivity contribution in [2.24, 2.45) is 0 Å². The highest BCUT2D eigenvalue weighted by atomic mass is 35.6. The Kier molecular flexibility index (Phi) is 3.04. The average Bonchev–Trinajstić information content (AvgIpc) is 2.06. The molecule has 1 N–H and O–H groups in total. The van der Waals surface area contributed by atoms with E-state index < -0.39 is 22.0 Å². The molecule has 0 unspecified atom stereocenters. The van der Waals surface area contributed by atoms with Gasteiger partial charge < -0.3 is 10.2 Å². The fourth-order valence-electron chi connectivity index (χ4n) is 1.05. The standard InChI is InChI=1S/C6H8Cl3N3O2/c1-11-3(6(7,8)9)10-4(13)12(2)5(11)14/h3H,1-2H3,(H,10,13)/t3-/m0/s1. The van der Waals surface area contributed by atoms with Gasteiger partial charge in [0.15, 0.2) is 6.17 Å². The van der Waals surface area contributed by atoms with Crippen molar-refractivity contribution in [3.8, 4) is 0 Å². The predicted molar refractivity (Wildman–Crippen MR) is 53.5 cm³/mol. The molecule has 1 saturated heterocycles. The molecule has 1 aliphatic heterocycles. The molecule has 0 spiro atoms. The first kappa shape index (κ1) is 11.7. The Morgan fingerprint density at radius 2 is 1.79 bits per heavy atom. The second-order valence-electron chi connectivity index (χ2n) is 2.85. The number of rotatable bonds is 0. The maximum absolute atomic E-state index is 11.4. The number of amides is 4. The van der Waals surface area contributed by atoms with Crippen molar-refractivity contribution >= 4 is 46.9 Å². The SMILES string of the molecule is CN1C(=O)N[C@H](C(Cl)(Cl)Cl)N(C)C1=O. The molecule has 0 saturated carbocycles. The van der Waals surface area contributed by atoms with Crippen LogP contribution in [0.3, 0.4) is 0 Å². The van der Waals surface area contributed by atoms with Gasteiger partial charge in [-0.2, -0.15) is 0 Å². The van der Waals surface area contributed by atoms with E-state index in [0.717, 1.165) is 9.80 Å². The number of carbonyl (C=O) groups is 2. The molecule has 1 rings (SSSR count). The fourth-order valence-corrected chi connectivity index (χ4v) is 1.65. The van der Waals surface area contributed by atoms with Crippen molar-refractivity contribution in [3.63, 3.8) is 0 Å². The lowest BCUT2D eigenvalue weighted by molar-refractivity contribution is 0.124. The summed E-state index contributed by atoms with van der Waals surface area (Å²) in [5.41, 5.74) is 0. The number of hydrogen-bond acceptors (Lipinski definition) is 2. The van der Waals surface area contributed by atoms with Crippen molar-refractivity contribution < 1.29 is 9.59 Å². The van der Waals surface area contributed by atoms with Gasteiger partial charge in [0, 0.05) is 14.1 Å². The first-order valence-corrected chi connectivity index (χ1v) is 4.76. The molecule has 0 aliphatic carbocycles. The molecule has 1 atom stereocenters. The number of halogens is 3. The molecule has 0 radical (unpaired) electrons. The van der Waals surface area contributed by atoms with E-state index in [4.69, 9.17) is 34.8 Å². The quantitative estimate of drug-likeness (QED) is 0.669. The number of alkyl halides is 3. The Balaban J connectivity index is 2.92. The summed E-state index contributed by atoms with van der Waals surface area (Å²) in [6.45, 7) is 0. The molecule has 80 valence electrons. The monoisotopic (exact) mass is 259 g/mol. The predicted octanol–water partition coefficient (Wildman–Crippen LogP) is 1.39. The van der Waals surface area contributed by atoms with Crippen LogP contribution in [-0.2, 0) is 0 Å². The van der Waals surface area contributed by atoms with E-state index in [-0.39, 0.29) is 0 Å². The third-order valence-corrected chi connectivity index (χ3v) is 2.47. The second-order valence-corrected chi connectivity index (χ2v) is 5.22. The maximum Gasteiger partial charge on any atom is 0.329 e. The van der Waals surface area contributed by atoms with E-state index >= 15 is 0 Å². The third-order valence-electron chi connectivity index (χ3n) is 1.85. The second kappa shape index (κ2) is 3.64. The van der Waals surface area contributed by atoms with Gasteiger partial charge in [0.05, 0.1) is 0 Å². The van der Waals surface area contributed by atoms with Crippen LogP contribution in [0.25, 0.3) is 0 Å². The van der Waals surface area contributed by atoms with Gasteiger partial charge in [0.2, 0.25) is 3.79 Å². The van der Waals surface area contributed by atoms with E-state index in [2.05, 4.69) is 5.32 Å². The Morgan fingerprint density at radius 3 is 2.21 bits per heavy atom. The number of urea groups is 2. The van der Waals surface area contributed by atoms with E-state index in [0.29, 0.717) is 0 Å². The summed E-state index contributed by atoms with van der Waals surface area (Å²) in [4.78, 5) is 24.6. The van der Waals surface area contributed by atoms with Crippen molar-refractivity contribution in [3.05, 3.63) is 0 Å². The molecule has 0 bridgehead atoms. The Bertz CT molecular complexity index is 278. The van der Waals surface area contributed by atoms with Gasteiger partial charge in [-0.1, -0.05) is 34.8 Å². The molecule has 1 heterocycles. The number of nitrogens with zero attached hydrogens (tertiary/aromatic N) is 2. The van der Waals surface area contributed by atoms with Gasteiger partial charge in [0.1, 0.15) is 0 Å². The third kappa shape index (κ3) is 1.99. The summed E-state index contributed by atoms with van der Waals surface area (Å²) in [6, 6.07) is -1.12. The minimum atomic E-state index is -1.75. The highest BCUT2D eigenvalue weighted by molar-refractivity contribution is 6.68. The van der Waals surface area contributed by atoms with Crippen molar-refractivity contribution in [1.29, 1.82) is 0 Å². The number of hydrogen-bond donors (Lipinski definition) is 1. The van der Waals surface area contributed by atoms with Crippen LogP contribution < -0.4 is 5.32 Å². The van der Waals surface area contributed by atoms with Gasteiger partial charge >= 0.3 is 12.1 Å².